The maximum atomic E-state index is 4.73. The fourth-order valence-corrected chi connectivity index (χ4v) is 1.08. The first-order valence-electron chi connectivity index (χ1n) is 2.71. The van der Waals surface area contributed by atoms with Gasteiger partial charge in [0.1, 0.15) is 6.33 Å². The molecular weight excluding hydrogens is 250 g/mol. The number of imidazole rings is 1. The Morgan fingerprint density at radius 1 is 1.45 bits per heavy atom. The van der Waals surface area contributed by atoms with Crippen LogP contribution in [0.4, 0.5) is 0 Å². The molecule has 0 radical (unpaired) electrons. The van der Waals surface area contributed by atoms with E-state index in [2.05, 4.69) is 21.5 Å². The van der Waals surface area contributed by atoms with Gasteiger partial charge in [0.25, 0.3) is 0 Å². The monoisotopic (exact) mass is 259 g/mol. The maximum absolute atomic E-state index is 4.73. The van der Waals surface area contributed by atoms with Gasteiger partial charge < -0.3 is 3.97 Å². The second-order valence-electron chi connectivity index (χ2n) is 1.84. The van der Waals surface area contributed by atoms with Crippen LogP contribution in [0.15, 0.2) is 18.7 Å². The van der Waals surface area contributed by atoms with Gasteiger partial charge in [-0.05, 0) is 12.5 Å². The minimum absolute atomic E-state index is 0.00437. The van der Waals surface area contributed by atoms with Crippen molar-refractivity contribution in [3.63, 3.8) is 0 Å². The van der Waals surface area contributed by atoms with Crippen LogP contribution in [-0.2, 0) is 12.9 Å². The summed E-state index contributed by atoms with van der Waals surface area (Å²) in [4.78, 5) is 3.92. The van der Waals surface area contributed by atoms with Crippen LogP contribution in [0.5, 0.6) is 0 Å². The summed E-state index contributed by atoms with van der Waals surface area (Å²) in [5.41, 5.74) is 0. The fraction of sp³-hybridized carbons (Fsp3) is 0.400. The Kier molecular flexibility index (Phi) is 7.73. The van der Waals surface area contributed by atoms with E-state index >= 15 is 0 Å². The van der Waals surface area contributed by atoms with Crippen LogP contribution in [-0.4, -0.2) is 21.5 Å². The second-order valence-corrected chi connectivity index (χ2v) is 5.71. The molecule has 0 aliphatic heterocycles. The Bertz CT molecular complexity index is 169. The van der Waals surface area contributed by atoms with E-state index in [9.17, 15) is 0 Å². The van der Waals surface area contributed by atoms with Crippen molar-refractivity contribution in [3.05, 3.63) is 18.7 Å². The van der Waals surface area contributed by atoms with Gasteiger partial charge in [0.15, 0.2) is 0 Å². The molecule has 0 N–H and O–H groups in total. The van der Waals surface area contributed by atoms with Gasteiger partial charge in [-0.2, -0.15) is 11.1 Å². The van der Waals surface area contributed by atoms with Gasteiger partial charge in [0.2, 0.25) is 0 Å². The van der Waals surface area contributed by atoms with Gasteiger partial charge in [-0.1, -0.05) is 0 Å². The topological polar surface area (TPSA) is 17.8 Å². The third-order valence-electron chi connectivity index (χ3n) is 0.952. The Hall–Kier alpha value is 0.646. The van der Waals surface area contributed by atoms with Crippen molar-refractivity contribution in [2.45, 2.75) is 0 Å². The first-order chi connectivity index (χ1) is 5.22. The number of hydrogen-bond acceptors (Lipinski definition) is 1. The van der Waals surface area contributed by atoms with Gasteiger partial charge in [0.05, 0.1) is 0 Å². The molecule has 69 valence electrons. The number of nitrogens with zero attached hydrogens (tertiary/aromatic N) is 2. The van der Waals surface area contributed by atoms with Gasteiger partial charge in [0, 0.05) is 12.4 Å². The second kappa shape index (κ2) is 7.30. The van der Waals surface area contributed by atoms with Crippen molar-refractivity contribution in [1.82, 2.24) is 8.96 Å². The van der Waals surface area contributed by atoms with E-state index in [0.29, 0.717) is 12.9 Å². The van der Waals surface area contributed by atoms with Crippen LogP contribution in [0.25, 0.3) is 0 Å². The number of aromatic nitrogens is 2. The third-order valence-corrected chi connectivity index (χ3v) is 2.11. The van der Waals surface area contributed by atoms with E-state index in [1.54, 1.807) is 0 Å². The van der Waals surface area contributed by atoms with Gasteiger partial charge in [-0.15, -0.1) is 0 Å². The van der Waals surface area contributed by atoms with Crippen LogP contribution in [0.2, 0.25) is 0 Å². The molecule has 1 aromatic heterocycles. The van der Waals surface area contributed by atoms with Crippen molar-refractivity contribution in [2.75, 3.05) is 12.5 Å². The molecule has 0 amide bonds. The normalized spacial score (nSPS) is 10.4. The summed E-state index contributed by atoms with van der Waals surface area (Å²) >= 11 is 0.378. The number of rotatable bonds is 1. The Labute approximate surface area is 84.2 Å². The number of halogens is 2. The molecule has 2 nitrogen and oxygen atoms in total. The average molecular weight is 260 g/mol. The molecule has 0 aromatic carbocycles. The van der Waals surface area contributed by atoms with E-state index in [1.165, 1.54) is 0 Å². The predicted molar refractivity (Wildman–Crippen MR) is 50.2 cm³/mol. The van der Waals surface area contributed by atoms with Crippen LogP contribution < -0.4 is 0 Å². The molecule has 0 atom stereocenters. The van der Waals surface area contributed by atoms with Gasteiger partial charge in [-0.25, -0.2) is 4.98 Å². The number of thiol groups is 1. The molecule has 0 aliphatic carbocycles. The zero-order chi connectivity index (χ0) is 8.69. The van der Waals surface area contributed by atoms with Crippen molar-refractivity contribution in [2.24, 2.45) is 0 Å². The Morgan fingerprint density at radius 2 is 2.00 bits per heavy atom. The van der Waals surface area contributed by atoms with Gasteiger partial charge >= 0.3 is 33.2 Å². The summed E-state index contributed by atoms with van der Waals surface area (Å²) in [6.45, 7) is 0. The third kappa shape index (κ3) is 5.87. The summed E-state index contributed by atoms with van der Waals surface area (Å²) in [5.74, 6) is 0. The summed E-state index contributed by atoms with van der Waals surface area (Å²) in [7, 11) is 9.47. The Morgan fingerprint density at radius 3 is 2.18 bits per heavy atom. The molecule has 0 saturated heterocycles. The minimum atomic E-state index is -0.00437. The molecule has 0 fully saturated rings. The van der Waals surface area contributed by atoms with Crippen molar-refractivity contribution in [1.29, 1.82) is 0 Å². The first-order valence-corrected chi connectivity index (χ1v) is 7.77. The van der Waals surface area contributed by atoms with Crippen LogP contribution in [0, 0.1) is 0 Å². The summed E-state index contributed by atoms with van der Waals surface area (Å²) < 4.78 is 2.12. The molecular formula is C5H10Cl2CoN2S. The molecule has 1 aromatic rings. The zero-order valence-electron chi connectivity index (χ0n) is 6.16. The number of hydrogen-bond donors (Lipinski definition) is 1. The van der Waals surface area contributed by atoms with Crippen molar-refractivity contribution >= 4 is 31.4 Å². The van der Waals surface area contributed by atoms with Crippen LogP contribution in [0.1, 0.15) is 0 Å². The molecule has 0 unspecified atom stereocenters. The molecule has 0 bridgehead atoms. The standard InChI is InChI=1S/C5H10N2S.2ClH.Co/c1-8(2)7-4-3-6-5-7;;;/h3-5,8H,1-2H3;2*1H;/q;;;+2/p-2. The summed E-state index contributed by atoms with van der Waals surface area (Å²) in [6, 6.07) is 0. The zero-order valence-corrected chi connectivity index (χ0v) is 9.61. The fourth-order valence-electron chi connectivity index (χ4n) is 0.489. The van der Waals surface area contributed by atoms with Gasteiger partial charge in [-0.3, -0.25) is 0 Å². The predicted octanol–water partition coefficient (Wildman–Crippen LogP) is 2.28. The molecule has 0 saturated carbocycles. The van der Waals surface area contributed by atoms with E-state index in [1.807, 2.05) is 18.7 Å². The Balaban J connectivity index is 0.000000292. The van der Waals surface area contributed by atoms with E-state index in [-0.39, 0.29) is 11.1 Å². The van der Waals surface area contributed by atoms with Crippen molar-refractivity contribution in [3.8, 4) is 0 Å². The SMILES string of the molecule is C[SH](C)n1ccnc1.[Cl][Co][Cl]. The average Bonchev–Trinajstić information content (AvgIpc) is 2.38. The molecule has 6 heteroatoms. The first kappa shape index (κ1) is 11.6. The van der Waals surface area contributed by atoms with Crippen molar-refractivity contribution < 1.29 is 12.9 Å². The van der Waals surface area contributed by atoms with E-state index in [4.69, 9.17) is 20.3 Å². The van der Waals surface area contributed by atoms with Crippen LogP contribution in [0.3, 0.4) is 0 Å². The summed E-state index contributed by atoms with van der Waals surface area (Å²) in [6.07, 6.45) is 10.0. The van der Waals surface area contributed by atoms with E-state index in [0.717, 1.165) is 0 Å². The molecule has 0 aliphatic rings. The summed E-state index contributed by atoms with van der Waals surface area (Å²) in [5, 5.41) is 0. The van der Waals surface area contributed by atoms with E-state index < -0.39 is 0 Å². The quantitative estimate of drug-likeness (QED) is 0.767. The molecule has 0 spiro atoms. The molecule has 1 rings (SSSR count). The van der Waals surface area contributed by atoms with Crippen LogP contribution >= 0.6 is 31.4 Å². The molecule has 1 heterocycles. The molecule has 11 heavy (non-hydrogen) atoms.